The van der Waals surface area contributed by atoms with Crippen molar-refractivity contribution in [2.24, 2.45) is 0 Å². The highest BCUT2D eigenvalue weighted by molar-refractivity contribution is 9.10. The van der Waals surface area contributed by atoms with Gasteiger partial charge in [-0.1, -0.05) is 71.1 Å². The smallest absolute Gasteiger partial charge is 0.268 e. The first-order chi connectivity index (χ1) is 11.1. The van der Waals surface area contributed by atoms with Crippen LogP contribution in [0.4, 0.5) is 5.69 Å². The zero-order valence-electron chi connectivity index (χ0n) is 12.5. The maximum absolute atomic E-state index is 12.7. The number of benzene rings is 2. The van der Waals surface area contributed by atoms with Crippen LogP contribution >= 0.6 is 39.9 Å². The number of anilines is 1. The van der Waals surface area contributed by atoms with Crippen LogP contribution in [0.2, 0.25) is 0 Å². The predicted molar refractivity (Wildman–Crippen MR) is 106 cm³/mol. The molecule has 1 aliphatic rings. The first kappa shape index (κ1) is 16.4. The average Bonchev–Trinajstić information content (AvgIpc) is 2.81. The van der Waals surface area contributed by atoms with E-state index in [2.05, 4.69) is 22.9 Å². The van der Waals surface area contributed by atoms with Gasteiger partial charge in [-0.25, -0.2) is 0 Å². The molecule has 1 saturated heterocycles. The van der Waals surface area contributed by atoms with Gasteiger partial charge in [0.05, 0.1) is 10.6 Å². The second-order valence-corrected chi connectivity index (χ2v) is 7.68. The van der Waals surface area contributed by atoms with E-state index in [0.717, 1.165) is 22.1 Å². The Morgan fingerprint density at radius 3 is 2.61 bits per heavy atom. The lowest BCUT2D eigenvalue weighted by Gasteiger charge is -2.14. The maximum atomic E-state index is 12.7. The summed E-state index contributed by atoms with van der Waals surface area (Å²) in [6, 6.07) is 15.8. The predicted octanol–water partition coefficient (Wildman–Crippen LogP) is 5.42. The molecule has 116 valence electrons. The third-order valence-corrected chi connectivity index (χ3v) is 5.34. The number of hydrogen-bond acceptors (Lipinski definition) is 3. The van der Waals surface area contributed by atoms with Gasteiger partial charge in [0.2, 0.25) is 0 Å². The van der Waals surface area contributed by atoms with Crippen LogP contribution in [-0.4, -0.2) is 10.2 Å². The molecule has 2 nitrogen and oxygen atoms in total. The molecular formula is C18H14BrNOS2. The molecule has 3 rings (SSSR count). The van der Waals surface area contributed by atoms with Crippen molar-refractivity contribution in [1.29, 1.82) is 0 Å². The summed E-state index contributed by atoms with van der Waals surface area (Å²) in [6.45, 7) is 2.11. The number of rotatable bonds is 3. The lowest BCUT2D eigenvalue weighted by Crippen LogP contribution is -2.27. The fourth-order valence-corrected chi connectivity index (χ4v) is 4.03. The van der Waals surface area contributed by atoms with Gasteiger partial charge >= 0.3 is 0 Å². The van der Waals surface area contributed by atoms with Crippen LogP contribution in [0.5, 0.6) is 0 Å². The monoisotopic (exact) mass is 403 g/mol. The molecule has 0 saturated carbocycles. The summed E-state index contributed by atoms with van der Waals surface area (Å²) >= 11 is 10.2. The first-order valence-electron chi connectivity index (χ1n) is 7.21. The molecule has 0 spiro atoms. The summed E-state index contributed by atoms with van der Waals surface area (Å²) in [4.78, 5) is 14.9. The van der Waals surface area contributed by atoms with Crippen molar-refractivity contribution in [2.45, 2.75) is 13.3 Å². The Hall–Kier alpha value is -1.43. The lowest BCUT2D eigenvalue weighted by molar-refractivity contribution is -0.113. The van der Waals surface area contributed by atoms with Gasteiger partial charge in [-0.3, -0.25) is 9.69 Å². The largest absolute Gasteiger partial charge is 0.270 e. The Kier molecular flexibility index (Phi) is 4.99. The first-order valence-corrected chi connectivity index (χ1v) is 9.22. The van der Waals surface area contributed by atoms with Gasteiger partial charge in [0, 0.05) is 4.47 Å². The highest BCUT2D eigenvalue weighted by Crippen LogP contribution is 2.36. The van der Waals surface area contributed by atoms with Crippen LogP contribution in [0.1, 0.15) is 18.1 Å². The van der Waals surface area contributed by atoms with E-state index in [9.17, 15) is 4.79 Å². The third kappa shape index (κ3) is 3.57. The van der Waals surface area contributed by atoms with E-state index in [-0.39, 0.29) is 5.91 Å². The summed E-state index contributed by atoms with van der Waals surface area (Å²) in [7, 11) is 0. The Morgan fingerprint density at radius 2 is 1.96 bits per heavy atom. The minimum atomic E-state index is -0.0655. The molecule has 0 unspecified atom stereocenters. The second-order valence-electron chi connectivity index (χ2n) is 5.09. The van der Waals surface area contributed by atoms with E-state index in [1.807, 2.05) is 54.6 Å². The fraction of sp³-hybridized carbons (Fsp3) is 0.111. The number of hydrogen-bond donors (Lipinski definition) is 0. The Balaban J connectivity index is 1.90. The van der Waals surface area contributed by atoms with Crippen LogP contribution in [0.3, 0.4) is 0 Å². The van der Waals surface area contributed by atoms with Gasteiger partial charge in [0.1, 0.15) is 0 Å². The van der Waals surface area contributed by atoms with E-state index in [1.165, 1.54) is 17.3 Å². The van der Waals surface area contributed by atoms with Crippen molar-refractivity contribution >= 4 is 61.9 Å². The average molecular weight is 404 g/mol. The van der Waals surface area contributed by atoms with Crippen molar-refractivity contribution < 1.29 is 4.79 Å². The number of thioether (sulfide) groups is 1. The standard InChI is InChI=1S/C18H14BrNOS2/c1-2-12-6-8-15(9-7-12)20-17(21)16(23-18(20)22)11-13-4-3-5-14(19)10-13/h3-11H,2H2,1H3. The van der Waals surface area contributed by atoms with E-state index >= 15 is 0 Å². The van der Waals surface area contributed by atoms with Crippen molar-refractivity contribution in [3.63, 3.8) is 0 Å². The highest BCUT2D eigenvalue weighted by Gasteiger charge is 2.33. The van der Waals surface area contributed by atoms with E-state index in [1.54, 1.807) is 4.90 Å². The minimum Gasteiger partial charge on any atom is -0.268 e. The fourth-order valence-electron chi connectivity index (χ4n) is 2.32. The van der Waals surface area contributed by atoms with Crippen LogP contribution in [0.25, 0.3) is 6.08 Å². The number of nitrogens with zero attached hydrogens (tertiary/aromatic N) is 1. The van der Waals surface area contributed by atoms with Gasteiger partial charge in [0.25, 0.3) is 5.91 Å². The maximum Gasteiger partial charge on any atom is 0.270 e. The SMILES string of the molecule is CCc1ccc(N2C(=O)C(=Cc3cccc(Br)c3)SC2=S)cc1. The molecule has 0 N–H and O–H groups in total. The number of halogens is 1. The van der Waals surface area contributed by atoms with E-state index in [4.69, 9.17) is 12.2 Å². The van der Waals surface area contributed by atoms with Crippen LogP contribution in [0, 0.1) is 0 Å². The summed E-state index contributed by atoms with van der Waals surface area (Å²) in [6.07, 6.45) is 2.85. The normalized spacial score (nSPS) is 16.4. The molecule has 0 atom stereocenters. The number of aryl methyl sites for hydroxylation is 1. The summed E-state index contributed by atoms with van der Waals surface area (Å²) < 4.78 is 1.55. The molecular weight excluding hydrogens is 390 g/mol. The molecule has 0 bridgehead atoms. The molecule has 0 radical (unpaired) electrons. The molecule has 1 fully saturated rings. The molecule has 2 aromatic carbocycles. The van der Waals surface area contributed by atoms with Crippen molar-refractivity contribution in [1.82, 2.24) is 0 Å². The van der Waals surface area contributed by atoms with Crippen LogP contribution < -0.4 is 4.90 Å². The lowest BCUT2D eigenvalue weighted by atomic mass is 10.1. The van der Waals surface area contributed by atoms with Gasteiger partial charge in [0.15, 0.2) is 4.32 Å². The number of carbonyl (C=O) groups excluding carboxylic acids is 1. The second kappa shape index (κ2) is 6.99. The zero-order chi connectivity index (χ0) is 16.4. The van der Waals surface area contributed by atoms with Gasteiger partial charge in [-0.15, -0.1) is 0 Å². The Labute approximate surface area is 153 Å². The number of carbonyl (C=O) groups is 1. The molecule has 2 aromatic rings. The summed E-state index contributed by atoms with van der Waals surface area (Å²) in [5.41, 5.74) is 3.03. The Bertz CT molecular complexity index is 799. The summed E-state index contributed by atoms with van der Waals surface area (Å²) in [5.74, 6) is -0.0655. The van der Waals surface area contributed by atoms with Crippen LogP contribution in [0.15, 0.2) is 57.9 Å². The third-order valence-electron chi connectivity index (χ3n) is 3.54. The summed E-state index contributed by atoms with van der Waals surface area (Å²) in [5, 5.41) is 0. The molecule has 1 aliphatic heterocycles. The molecule has 0 aliphatic carbocycles. The molecule has 5 heteroatoms. The van der Waals surface area contributed by atoms with E-state index < -0.39 is 0 Å². The zero-order valence-corrected chi connectivity index (χ0v) is 15.7. The molecule has 1 amide bonds. The van der Waals surface area contributed by atoms with Crippen LogP contribution in [-0.2, 0) is 11.2 Å². The number of amides is 1. The molecule has 23 heavy (non-hydrogen) atoms. The van der Waals surface area contributed by atoms with Crippen molar-refractivity contribution in [2.75, 3.05) is 4.90 Å². The van der Waals surface area contributed by atoms with Gasteiger partial charge in [-0.2, -0.15) is 0 Å². The molecule has 1 heterocycles. The Morgan fingerprint density at radius 1 is 1.22 bits per heavy atom. The number of thiocarbonyl (C=S) groups is 1. The van der Waals surface area contributed by atoms with Crippen molar-refractivity contribution in [3.05, 3.63) is 69.0 Å². The quantitative estimate of drug-likeness (QED) is 0.504. The molecule has 0 aromatic heterocycles. The topological polar surface area (TPSA) is 20.3 Å². The highest BCUT2D eigenvalue weighted by atomic mass is 79.9. The van der Waals surface area contributed by atoms with E-state index in [0.29, 0.717) is 9.23 Å². The van der Waals surface area contributed by atoms with Gasteiger partial charge < -0.3 is 0 Å². The van der Waals surface area contributed by atoms with Crippen molar-refractivity contribution in [3.8, 4) is 0 Å². The van der Waals surface area contributed by atoms with Gasteiger partial charge in [-0.05, 0) is 47.9 Å². The minimum absolute atomic E-state index is 0.0655.